The zero-order valence-corrected chi connectivity index (χ0v) is 11.1. The number of hydrogen-bond acceptors (Lipinski definition) is 1. The first kappa shape index (κ1) is 12.2. The maximum atomic E-state index is 5.70. The molecule has 2 nitrogen and oxygen atoms in total. The zero-order valence-electron chi connectivity index (χ0n) is 11.1. The summed E-state index contributed by atoms with van der Waals surface area (Å²) in [4.78, 5) is 0. The highest BCUT2D eigenvalue weighted by atomic mass is 15.0. The van der Waals surface area contributed by atoms with Gasteiger partial charge in [0.05, 0.1) is 5.52 Å². The maximum Gasteiger partial charge on any atom is 0.0515 e. The van der Waals surface area contributed by atoms with E-state index in [4.69, 9.17) is 5.73 Å². The molecule has 0 bridgehead atoms. The van der Waals surface area contributed by atoms with Crippen molar-refractivity contribution in [3.05, 3.63) is 35.0 Å². The number of nitrogens with two attached hydrogens (primary N) is 1. The third-order valence-corrected chi connectivity index (χ3v) is 3.40. The van der Waals surface area contributed by atoms with Gasteiger partial charge in [0.1, 0.15) is 0 Å². The summed E-state index contributed by atoms with van der Waals surface area (Å²) in [6.45, 7) is 8.22. The Balaban J connectivity index is 2.71. The van der Waals surface area contributed by atoms with Crippen molar-refractivity contribution in [2.45, 2.75) is 40.2 Å². The van der Waals surface area contributed by atoms with E-state index < -0.39 is 0 Å². The molecule has 0 radical (unpaired) electrons. The number of aryl methyl sites for hydroxylation is 3. The van der Waals surface area contributed by atoms with Crippen LogP contribution in [0, 0.1) is 13.8 Å². The first-order valence-corrected chi connectivity index (χ1v) is 6.47. The van der Waals surface area contributed by atoms with Gasteiger partial charge in [-0.15, -0.1) is 0 Å². The Labute approximate surface area is 103 Å². The van der Waals surface area contributed by atoms with Crippen molar-refractivity contribution in [3.63, 3.8) is 0 Å². The van der Waals surface area contributed by atoms with E-state index in [1.807, 2.05) is 0 Å². The van der Waals surface area contributed by atoms with Crippen molar-refractivity contribution < 1.29 is 0 Å². The summed E-state index contributed by atoms with van der Waals surface area (Å²) in [6.07, 6.45) is 4.63. The molecule has 0 aliphatic heterocycles. The minimum Gasteiger partial charge on any atom is -0.346 e. The summed E-state index contributed by atoms with van der Waals surface area (Å²) in [5, 5.41) is 1.44. The molecule has 0 unspecified atom stereocenters. The Hall–Kier alpha value is -1.28. The SMILES string of the molecule is CCCc1cn(CCN)c2c(C)ccc(C)c12. The van der Waals surface area contributed by atoms with Crippen molar-refractivity contribution in [2.24, 2.45) is 5.73 Å². The predicted octanol–water partition coefficient (Wildman–Crippen LogP) is 3.17. The molecule has 1 aromatic carbocycles. The largest absolute Gasteiger partial charge is 0.346 e. The van der Waals surface area contributed by atoms with E-state index >= 15 is 0 Å². The molecule has 1 aromatic heterocycles. The fourth-order valence-electron chi connectivity index (χ4n) is 2.66. The predicted molar refractivity (Wildman–Crippen MR) is 74.5 cm³/mol. The van der Waals surface area contributed by atoms with Crippen molar-refractivity contribution >= 4 is 10.9 Å². The highest BCUT2D eigenvalue weighted by Crippen LogP contribution is 2.28. The Morgan fingerprint density at radius 3 is 2.53 bits per heavy atom. The highest BCUT2D eigenvalue weighted by molar-refractivity contribution is 5.89. The number of aromatic nitrogens is 1. The quantitative estimate of drug-likeness (QED) is 0.859. The van der Waals surface area contributed by atoms with Crippen LogP contribution in [0.4, 0.5) is 0 Å². The van der Waals surface area contributed by atoms with Crippen LogP contribution in [-0.4, -0.2) is 11.1 Å². The minimum atomic E-state index is 0.697. The van der Waals surface area contributed by atoms with Gasteiger partial charge in [-0.2, -0.15) is 0 Å². The molecule has 0 amide bonds. The highest BCUT2D eigenvalue weighted by Gasteiger charge is 2.11. The lowest BCUT2D eigenvalue weighted by Crippen LogP contribution is -2.09. The molecular weight excluding hydrogens is 208 g/mol. The Morgan fingerprint density at radius 1 is 1.18 bits per heavy atom. The van der Waals surface area contributed by atoms with Crippen molar-refractivity contribution in [2.75, 3.05) is 6.54 Å². The Morgan fingerprint density at radius 2 is 1.88 bits per heavy atom. The van der Waals surface area contributed by atoms with E-state index in [2.05, 4.69) is 43.7 Å². The second kappa shape index (κ2) is 4.92. The molecule has 17 heavy (non-hydrogen) atoms. The van der Waals surface area contributed by atoms with Crippen LogP contribution < -0.4 is 5.73 Å². The topological polar surface area (TPSA) is 30.9 Å². The molecule has 0 aliphatic carbocycles. The number of hydrogen-bond donors (Lipinski definition) is 1. The van der Waals surface area contributed by atoms with Crippen molar-refractivity contribution in [1.82, 2.24) is 4.57 Å². The average Bonchev–Trinajstić information content (AvgIpc) is 2.65. The van der Waals surface area contributed by atoms with Gasteiger partial charge in [0, 0.05) is 24.7 Å². The van der Waals surface area contributed by atoms with Gasteiger partial charge >= 0.3 is 0 Å². The Bertz CT molecular complexity index is 477. The third kappa shape index (κ3) is 2.09. The minimum absolute atomic E-state index is 0.697. The number of rotatable bonds is 4. The lowest BCUT2D eigenvalue weighted by molar-refractivity contribution is 0.729. The molecule has 0 fully saturated rings. The molecule has 2 aromatic rings. The van der Waals surface area contributed by atoms with Gasteiger partial charge in [-0.3, -0.25) is 0 Å². The van der Waals surface area contributed by atoms with Crippen LogP contribution in [0.5, 0.6) is 0 Å². The summed E-state index contributed by atoms with van der Waals surface area (Å²) in [5.74, 6) is 0. The fourth-order valence-corrected chi connectivity index (χ4v) is 2.66. The van der Waals surface area contributed by atoms with Crippen LogP contribution in [0.15, 0.2) is 18.3 Å². The summed E-state index contributed by atoms with van der Waals surface area (Å²) in [7, 11) is 0. The molecule has 0 saturated carbocycles. The van der Waals surface area contributed by atoms with Crippen LogP contribution in [0.2, 0.25) is 0 Å². The molecule has 0 atom stereocenters. The first-order valence-electron chi connectivity index (χ1n) is 6.47. The number of nitrogens with zero attached hydrogens (tertiary/aromatic N) is 1. The monoisotopic (exact) mass is 230 g/mol. The Kier molecular flexibility index (Phi) is 3.53. The van der Waals surface area contributed by atoms with E-state index in [0.717, 1.165) is 13.0 Å². The summed E-state index contributed by atoms with van der Waals surface area (Å²) in [5.41, 5.74) is 11.3. The molecule has 0 spiro atoms. The van der Waals surface area contributed by atoms with Gasteiger partial charge in [0.15, 0.2) is 0 Å². The molecule has 2 rings (SSSR count). The average molecular weight is 230 g/mol. The van der Waals surface area contributed by atoms with Crippen LogP contribution in [0.3, 0.4) is 0 Å². The van der Waals surface area contributed by atoms with Crippen LogP contribution in [0.25, 0.3) is 10.9 Å². The van der Waals surface area contributed by atoms with Crippen LogP contribution in [0.1, 0.15) is 30.0 Å². The van der Waals surface area contributed by atoms with E-state index in [-0.39, 0.29) is 0 Å². The third-order valence-electron chi connectivity index (χ3n) is 3.40. The van der Waals surface area contributed by atoms with Gasteiger partial charge in [0.25, 0.3) is 0 Å². The smallest absolute Gasteiger partial charge is 0.0515 e. The van der Waals surface area contributed by atoms with Crippen LogP contribution in [-0.2, 0) is 13.0 Å². The van der Waals surface area contributed by atoms with Gasteiger partial charge in [0.2, 0.25) is 0 Å². The normalized spacial score (nSPS) is 11.3. The first-order chi connectivity index (χ1) is 8.19. The van der Waals surface area contributed by atoms with E-state index in [0.29, 0.717) is 6.54 Å². The van der Waals surface area contributed by atoms with Crippen LogP contribution >= 0.6 is 0 Å². The van der Waals surface area contributed by atoms with Gasteiger partial charge in [-0.1, -0.05) is 25.5 Å². The second-order valence-corrected chi connectivity index (χ2v) is 4.81. The number of fused-ring (bicyclic) bond motifs is 1. The summed E-state index contributed by atoms with van der Waals surface area (Å²) >= 11 is 0. The molecule has 1 heterocycles. The molecular formula is C15H22N2. The molecule has 0 saturated heterocycles. The van der Waals surface area contributed by atoms with Gasteiger partial charge in [-0.25, -0.2) is 0 Å². The lowest BCUT2D eigenvalue weighted by Gasteiger charge is -2.07. The second-order valence-electron chi connectivity index (χ2n) is 4.81. The van der Waals surface area contributed by atoms with Crippen molar-refractivity contribution in [3.8, 4) is 0 Å². The summed E-state index contributed by atoms with van der Waals surface area (Å²) < 4.78 is 2.32. The van der Waals surface area contributed by atoms with Gasteiger partial charge < -0.3 is 10.3 Å². The fraction of sp³-hybridized carbons (Fsp3) is 0.467. The summed E-state index contributed by atoms with van der Waals surface area (Å²) in [6, 6.07) is 4.43. The maximum absolute atomic E-state index is 5.70. The standard InChI is InChI=1S/C15H22N2/c1-4-5-13-10-17(9-8-16)15-12(3)7-6-11(2)14(13)15/h6-7,10H,4-5,8-9,16H2,1-3H3. The van der Waals surface area contributed by atoms with Crippen molar-refractivity contribution in [1.29, 1.82) is 0 Å². The molecule has 2 N–H and O–H groups in total. The number of benzene rings is 1. The molecule has 92 valence electrons. The molecule has 0 aliphatic rings. The van der Waals surface area contributed by atoms with E-state index in [9.17, 15) is 0 Å². The van der Waals surface area contributed by atoms with E-state index in [1.54, 1.807) is 0 Å². The van der Waals surface area contributed by atoms with E-state index in [1.165, 1.54) is 34.0 Å². The molecule has 2 heteroatoms. The van der Waals surface area contributed by atoms with Gasteiger partial charge in [-0.05, 0) is 37.0 Å². The zero-order chi connectivity index (χ0) is 12.4. The lowest BCUT2D eigenvalue weighted by atomic mass is 10.0.